The Bertz CT molecular complexity index is 187. The summed E-state index contributed by atoms with van der Waals surface area (Å²) in [4.78, 5) is 2.51. The first-order valence-corrected chi connectivity index (χ1v) is 5.10. The average Bonchev–Trinajstić information content (AvgIpc) is 2.30. The highest BCUT2D eigenvalue weighted by Gasteiger charge is 2.30. The van der Waals surface area contributed by atoms with Crippen LogP contribution in [0.5, 0.6) is 0 Å². The number of hydrogen-bond acceptors (Lipinski definition) is 2. The molecule has 0 aliphatic carbocycles. The molecule has 3 N–H and O–H groups in total. The third-order valence-corrected chi connectivity index (χ3v) is 2.95. The fourth-order valence-corrected chi connectivity index (χ4v) is 2.04. The largest absolute Gasteiger partial charge is 0.388 e. The van der Waals surface area contributed by atoms with E-state index in [-0.39, 0.29) is 0 Å². The third-order valence-electron chi connectivity index (χ3n) is 2.95. The van der Waals surface area contributed by atoms with Crippen molar-refractivity contribution in [3.8, 4) is 0 Å². The van der Waals surface area contributed by atoms with E-state index in [0.29, 0.717) is 11.4 Å². The second-order valence-corrected chi connectivity index (χ2v) is 4.53. The summed E-state index contributed by atoms with van der Waals surface area (Å²) in [6.07, 6.45) is 4.38. The lowest BCUT2D eigenvalue weighted by atomic mass is 10.0. The standard InChI is InChI=1S/C10H21N3/c1-10(2)6-4-8-13(10)7-3-5-9(11)12/h3-8H2,1-2H3,(H3,11,12). The fraction of sp³-hybridized carbons (Fsp3) is 0.900. The van der Waals surface area contributed by atoms with Gasteiger partial charge in [0.1, 0.15) is 0 Å². The molecule has 1 fully saturated rings. The van der Waals surface area contributed by atoms with Crippen molar-refractivity contribution in [2.24, 2.45) is 5.73 Å². The minimum absolute atomic E-state index is 0.317. The minimum atomic E-state index is 0.317. The molecule has 0 aromatic heterocycles. The van der Waals surface area contributed by atoms with Crippen molar-refractivity contribution >= 4 is 5.84 Å². The molecule has 0 aromatic carbocycles. The smallest absolute Gasteiger partial charge is 0.0905 e. The molecule has 1 aliphatic rings. The van der Waals surface area contributed by atoms with Crippen LogP contribution in [0.1, 0.15) is 39.5 Å². The molecular weight excluding hydrogens is 162 g/mol. The maximum absolute atomic E-state index is 7.13. The van der Waals surface area contributed by atoms with Gasteiger partial charge in [0.15, 0.2) is 0 Å². The van der Waals surface area contributed by atoms with Gasteiger partial charge in [-0.25, -0.2) is 0 Å². The van der Waals surface area contributed by atoms with Crippen LogP contribution in [0, 0.1) is 5.41 Å². The Morgan fingerprint density at radius 1 is 1.54 bits per heavy atom. The highest BCUT2D eigenvalue weighted by Crippen LogP contribution is 2.27. The van der Waals surface area contributed by atoms with Crippen molar-refractivity contribution in [1.29, 1.82) is 5.41 Å². The maximum atomic E-state index is 7.13. The van der Waals surface area contributed by atoms with Crippen LogP contribution in [0.2, 0.25) is 0 Å². The second-order valence-electron chi connectivity index (χ2n) is 4.53. The normalized spacial score (nSPS) is 22.0. The van der Waals surface area contributed by atoms with Gasteiger partial charge in [-0.1, -0.05) is 0 Å². The summed E-state index contributed by atoms with van der Waals surface area (Å²) in [5.41, 5.74) is 5.68. The SMILES string of the molecule is CC1(C)CCCN1CCCC(=N)N. The average molecular weight is 183 g/mol. The van der Waals surface area contributed by atoms with Crippen LogP contribution in [0.25, 0.3) is 0 Å². The van der Waals surface area contributed by atoms with Crippen LogP contribution in [0.3, 0.4) is 0 Å². The molecule has 76 valence electrons. The Labute approximate surface area is 80.8 Å². The lowest BCUT2D eigenvalue weighted by Crippen LogP contribution is -2.38. The summed E-state index contributed by atoms with van der Waals surface area (Å²) >= 11 is 0. The van der Waals surface area contributed by atoms with E-state index in [1.54, 1.807) is 0 Å². The van der Waals surface area contributed by atoms with E-state index in [0.717, 1.165) is 19.4 Å². The lowest BCUT2D eigenvalue weighted by Gasteiger charge is -2.31. The Hall–Kier alpha value is -0.570. The molecule has 0 aromatic rings. The highest BCUT2D eigenvalue weighted by molar-refractivity contribution is 5.76. The van der Waals surface area contributed by atoms with E-state index >= 15 is 0 Å². The first kappa shape index (κ1) is 10.5. The van der Waals surface area contributed by atoms with E-state index in [4.69, 9.17) is 11.1 Å². The van der Waals surface area contributed by atoms with Gasteiger partial charge in [-0.15, -0.1) is 0 Å². The second kappa shape index (κ2) is 4.09. The molecule has 0 saturated carbocycles. The molecule has 0 atom stereocenters. The predicted molar refractivity (Wildman–Crippen MR) is 56.0 cm³/mol. The first-order chi connectivity index (χ1) is 6.02. The van der Waals surface area contributed by atoms with Gasteiger partial charge in [-0.05, 0) is 46.2 Å². The number of hydrogen-bond donors (Lipinski definition) is 2. The Kier molecular flexibility index (Phi) is 3.31. The van der Waals surface area contributed by atoms with Crippen molar-refractivity contribution in [2.45, 2.75) is 45.1 Å². The first-order valence-electron chi connectivity index (χ1n) is 5.10. The van der Waals surface area contributed by atoms with Gasteiger partial charge < -0.3 is 5.73 Å². The fourth-order valence-electron chi connectivity index (χ4n) is 2.04. The summed E-state index contributed by atoms with van der Waals surface area (Å²) < 4.78 is 0. The summed E-state index contributed by atoms with van der Waals surface area (Å²) in [5.74, 6) is 0.317. The van der Waals surface area contributed by atoms with Crippen molar-refractivity contribution in [2.75, 3.05) is 13.1 Å². The number of amidine groups is 1. The molecule has 1 rings (SSSR count). The zero-order valence-electron chi connectivity index (χ0n) is 8.77. The van der Waals surface area contributed by atoms with Crippen LogP contribution < -0.4 is 5.73 Å². The van der Waals surface area contributed by atoms with Crippen LogP contribution in [-0.4, -0.2) is 29.4 Å². The summed E-state index contributed by atoms with van der Waals surface area (Å²) in [6, 6.07) is 0. The highest BCUT2D eigenvalue weighted by atomic mass is 15.2. The van der Waals surface area contributed by atoms with E-state index < -0.39 is 0 Å². The molecule has 1 heterocycles. The topological polar surface area (TPSA) is 53.1 Å². The lowest BCUT2D eigenvalue weighted by molar-refractivity contribution is 0.174. The van der Waals surface area contributed by atoms with Gasteiger partial charge in [-0.3, -0.25) is 10.3 Å². The third kappa shape index (κ3) is 2.99. The van der Waals surface area contributed by atoms with Gasteiger partial charge in [0.05, 0.1) is 5.84 Å². The Morgan fingerprint density at radius 2 is 2.23 bits per heavy atom. The number of nitrogens with one attached hydrogen (secondary N) is 1. The minimum Gasteiger partial charge on any atom is -0.388 e. The Morgan fingerprint density at radius 3 is 2.69 bits per heavy atom. The molecule has 0 radical (unpaired) electrons. The quantitative estimate of drug-likeness (QED) is 0.513. The maximum Gasteiger partial charge on any atom is 0.0905 e. The van der Waals surface area contributed by atoms with Gasteiger partial charge in [0.2, 0.25) is 0 Å². The van der Waals surface area contributed by atoms with E-state index in [1.165, 1.54) is 19.4 Å². The molecule has 0 spiro atoms. The molecule has 0 amide bonds. The van der Waals surface area contributed by atoms with Crippen molar-refractivity contribution < 1.29 is 0 Å². The monoisotopic (exact) mass is 183 g/mol. The van der Waals surface area contributed by atoms with Crippen LogP contribution >= 0.6 is 0 Å². The molecule has 13 heavy (non-hydrogen) atoms. The summed E-state index contributed by atoms with van der Waals surface area (Å²) in [5, 5.41) is 7.13. The van der Waals surface area contributed by atoms with Crippen LogP contribution in [-0.2, 0) is 0 Å². The molecule has 1 aliphatic heterocycles. The molecule has 0 unspecified atom stereocenters. The summed E-state index contributed by atoms with van der Waals surface area (Å²) in [6.45, 7) is 6.90. The zero-order valence-corrected chi connectivity index (χ0v) is 8.77. The number of nitrogens with two attached hydrogens (primary N) is 1. The number of rotatable bonds is 4. The summed E-state index contributed by atoms with van der Waals surface area (Å²) in [7, 11) is 0. The molecular formula is C10H21N3. The molecule has 0 bridgehead atoms. The van der Waals surface area contributed by atoms with Crippen LogP contribution in [0.4, 0.5) is 0 Å². The van der Waals surface area contributed by atoms with Crippen molar-refractivity contribution in [1.82, 2.24) is 4.90 Å². The van der Waals surface area contributed by atoms with Crippen molar-refractivity contribution in [3.63, 3.8) is 0 Å². The molecule has 1 saturated heterocycles. The van der Waals surface area contributed by atoms with Gasteiger partial charge in [0, 0.05) is 12.0 Å². The Balaban J connectivity index is 2.25. The van der Waals surface area contributed by atoms with E-state index in [9.17, 15) is 0 Å². The van der Waals surface area contributed by atoms with Gasteiger partial charge in [0.25, 0.3) is 0 Å². The number of nitrogens with zero attached hydrogens (tertiary/aromatic N) is 1. The van der Waals surface area contributed by atoms with Crippen molar-refractivity contribution in [3.05, 3.63) is 0 Å². The predicted octanol–water partition coefficient (Wildman–Crippen LogP) is 1.58. The molecule has 3 heteroatoms. The van der Waals surface area contributed by atoms with E-state index in [2.05, 4.69) is 18.7 Å². The van der Waals surface area contributed by atoms with Crippen LogP contribution in [0.15, 0.2) is 0 Å². The van der Waals surface area contributed by atoms with Gasteiger partial charge in [-0.2, -0.15) is 0 Å². The number of likely N-dealkylation sites (tertiary alicyclic amines) is 1. The van der Waals surface area contributed by atoms with Gasteiger partial charge >= 0.3 is 0 Å². The van der Waals surface area contributed by atoms with E-state index in [1.807, 2.05) is 0 Å². The molecule has 3 nitrogen and oxygen atoms in total. The zero-order chi connectivity index (χ0) is 9.90.